The number of halogens is 2. The van der Waals surface area contributed by atoms with Crippen LogP contribution < -0.4 is 14.4 Å². The summed E-state index contributed by atoms with van der Waals surface area (Å²) in [6, 6.07) is 10.7. The number of rotatable bonds is 9. The lowest BCUT2D eigenvalue weighted by Crippen LogP contribution is -2.41. The van der Waals surface area contributed by atoms with Crippen LogP contribution in [0.15, 0.2) is 47.4 Å². The van der Waals surface area contributed by atoms with Crippen molar-refractivity contribution in [1.29, 1.82) is 0 Å². The molecule has 29 heavy (non-hydrogen) atoms. The molecular formula is C20H24Cl2N2O4S. The molecule has 1 amide bonds. The molecule has 0 aliphatic carbocycles. The molecule has 0 aromatic heterocycles. The number of amides is 1. The SMILES string of the molecule is COc1ccccc1N(CC(=O)NCCC(C)C)S(=O)(=O)c1cc(Cl)ccc1Cl. The van der Waals surface area contributed by atoms with E-state index in [-0.39, 0.29) is 20.6 Å². The second-order valence-corrected chi connectivity index (χ2v) is 9.47. The molecule has 1 N–H and O–H groups in total. The molecule has 2 rings (SSSR count). The maximum atomic E-state index is 13.4. The van der Waals surface area contributed by atoms with E-state index in [9.17, 15) is 13.2 Å². The van der Waals surface area contributed by atoms with Crippen LogP contribution in [-0.4, -0.2) is 34.5 Å². The van der Waals surface area contributed by atoms with Crippen molar-refractivity contribution in [2.24, 2.45) is 5.92 Å². The fraction of sp³-hybridized carbons (Fsp3) is 0.350. The Labute approximate surface area is 181 Å². The van der Waals surface area contributed by atoms with Crippen molar-refractivity contribution < 1.29 is 17.9 Å². The molecule has 9 heteroatoms. The van der Waals surface area contributed by atoms with Crippen molar-refractivity contribution in [3.63, 3.8) is 0 Å². The first-order valence-electron chi connectivity index (χ1n) is 9.04. The van der Waals surface area contributed by atoms with Gasteiger partial charge in [-0.2, -0.15) is 0 Å². The van der Waals surface area contributed by atoms with Gasteiger partial charge in [-0.15, -0.1) is 0 Å². The molecule has 158 valence electrons. The van der Waals surface area contributed by atoms with Crippen molar-refractivity contribution >= 4 is 44.8 Å². The van der Waals surface area contributed by atoms with Gasteiger partial charge in [-0.25, -0.2) is 8.42 Å². The topological polar surface area (TPSA) is 75.7 Å². The first-order valence-corrected chi connectivity index (χ1v) is 11.2. The van der Waals surface area contributed by atoms with Crippen LogP contribution in [-0.2, 0) is 14.8 Å². The lowest BCUT2D eigenvalue weighted by atomic mass is 10.1. The van der Waals surface area contributed by atoms with E-state index in [1.165, 1.54) is 25.3 Å². The van der Waals surface area contributed by atoms with Crippen LogP contribution in [0, 0.1) is 5.92 Å². The van der Waals surface area contributed by atoms with Gasteiger partial charge in [0.2, 0.25) is 5.91 Å². The molecule has 0 aliphatic rings. The molecule has 0 atom stereocenters. The fourth-order valence-electron chi connectivity index (χ4n) is 2.62. The average Bonchev–Trinajstić information content (AvgIpc) is 2.67. The second kappa shape index (κ2) is 10.2. The molecule has 0 saturated carbocycles. The van der Waals surface area contributed by atoms with Crippen LogP contribution in [0.5, 0.6) is 5.75 Å². The number of hydrogen-bond donors (Lipinski definition) is 1. The average molecular weight is 459 g/mol. The summed E-state index contributed by atoms with van der Waals surface area (Å²) < 4.78 is 33.2. The monoisotopic (exact) mass is 458 g/mol. The number of para-hydroxylation sites is 2. The summed E-state index contributed by atoms with van der Waals surface area (Å²) >= 11 is 12.1. The van der Waals surface area contributed by atoms with E-state index in [0.717, 1.165) is 10.7 Å². The zero-order chi connectivity index (χ0) is 21.6. The van der Waals surface area contributed by atoms with Crippen LogP contribution in [0.25, 0.3) is 0 Å². The number of benzene rings is 2. The van der Waals surface area contributed by atoms with Gasteiger partial charge in [0.1, 0.15) is 17.2 Å². The van der Waals surface area contributed by atoms with Gasteiger partial charge in [-0.3, -0.25) is 9.10 Å². The number of methoxy groups -OCH3 is 1. The first-order chi connectivity index (χ1) is 13.7. The van der Waals surface area contributed by atoms with Crippen molar-refractivity contribution in [2.75, 3.05) is 24.5 Å². The van der Waals surface area contributed by atoms with Crippen LogP contribution in [0.3, 0.4) is 0 Å². The Hall–Kier alpha value is -1.96. The number of nitrogens with one attached hydrogen (secondary N) is 1. The molecule has 0 saturated heterocycles. The largest absolute Gasteiger partial charge is 0.495 e. The maximum Gasteiger partial charge on any atom is 0.266 e. The van der Waals surface area contributed by atoms with Gasteiger partial charge in [0, 0.05) is 11.6 Å². The molecule has 0 spiro atoms. The van der Waals surface area contributed by atoms with Crippen LogP contribution >= 0.6 is 23.2 Å². The number of carbonyl (C=O) groups is 1. The molecule has 0 radical (unpaired) electrons. The van der Waals surface area contributed by atoms with Gasteiger partial charge in [0.15, 0.2) is 0 Å². The Morgan fingerprint density at radius 3 is 2.52 bits per heavy atom. The molecule has 0 aliphatic heterocycles. The van der Waals surface area contributed by atoms with E-state index in [1.807, 2.05) is 13.8 Å². The number of hydrogen-bond acceptors (Lipinski definition) is 4. The van der Waals surface area contributed by atoms with E-state index < -0.39 is 22.5 Å². The number of anilines is 1. The van der Waals surface area contributed by atoms with Gasteiger partial charge >= 0.3 is 0 Å². The third-order valence-corrected chi connectivity index (χ3v) is 6.62. The van der Waals surface area contributed by atoms with Crippen LogP contribution in [0.2, 0.25) is 10.0 Å². The highest BCUT2D eigenvalue weighted by atomic mass is 35.5. The highest BCUT2D eigenvalue weighted by Gasteiger charge is 2.31. The van der Waals surface area contributed by atoms with Crippen molar-refractivity contribution in [2.45, 2.75) is 25.2 Å². The molecule has 0 fully saturated rings. The molecule has 0 bridgehead atoms. The zero-order valence-electron chi connectivity index (χ0n) is 16.5. The minimum absolute atomic E-state index is 0.00881. The third-order valence-electron chi connectivity index (χ3n) is 4.15. The summed E-state index contributed by atoms with van der Waals surface area (Å²) in [5, 5.41) is 2.98. The quantitative estimate of drug-likeness (QED) is 0.605. The Balaban J connectivity index is 2.47. The van der Waals surface area contributed by atoms with E-state index >= 15 is 0 Å². The summed E-state index contributed by atoms with van der Waals surface area (Å²) in [5.74, 6) is 0.289. The van der Waals surface area contributed by atoms with Gasteiger partial charge < -0.3 is 10.1 Å². The highest BCUT2D eigenvalue weighted by molar-refractivity contribution is 7.93. The Morgan fingerprint density at radius 2 is 1.86 bits per heavy atom. The summed E-state index contributed by atoms with van der Waals surface area (Å²) in [6.07, 6.45) is 0.785. The predicted molar refractivity (Wildman–Crippen MR) is 116 cm³/mol. The van der Waals surface area contributed by atoms with Gasteiger partial charge in [0.05, 0.1) is 17.8 Å². The Bertz CT molecular complexity index is 965. The molecule has 2 aromatic carbocycles. The molecular weight excluding hydrogens is 435 g/mol. The minimum Gasteiger partial charge on any atom is -0.495 e. The van der Waals surface area contributed by atoms with Gasteiger partial charge in [-0.05, 0) is 42.7 Å². The first kappa shape index (κ1) is 23.3. The number of carbonyl (C=O) groups excluding carboxylic acids is 1. The second-order valence-electron chi connectivity index (χ2n) is 6.79. The zero-order valence-corrected chi connectivity index (χ0v) is 18.8. The molecule has 2 aromatic rings. The van der Waals surface area contributed by atoms with E-state index in [2.05, 4.69) is 5.32 Å². The van der Waals surface area contributed by atoms with E-state index in [4.69, 9.17) is 27.9 Å². The lowest BCUT2D eigenvalue weighted by molar-refractivity contribution is -0.119. The standard InChI is InChI=1S/C20H24Cl2N2O4S/c1-14(2)10-11-23-20(25)13-24(17-6-4-5-7-18(17)28-3)29(26,27)19-12-15(21)8-9-16(19)22/h4-9,12,14H,10-11,13H2,1-3H3,(H,23,25). The van der Waals surface area contributed by atoms with Gasteiger partial charge in [-0.1, -0.05) is 49.2 Å². The van der Waals surface area contributed by atoms with Crippen molar-refractivity contribution in [3.8, 4) is 5.75 Å². The molecule has 0 heterocycles. The number of nitrogens with zero attached hydrogens (tertiary/aromatic N) is 1. The Morgan fingerprint density at radius 1 is 1.17 bits per heavy atom. The van der Waals surface area contributed by atoms with Gasteiger partial charge in [0.25, 0.3) is 10.0 Å². The molecule has 0 unspecified atom stereocenters. The Kier molecular flexibility index (Phi) is 8.19. The lowest BCUT2D eigenvalue weighted by Gasteiger charge is -2.26. The third kappa shape index (κ3) is 6.01. The minimum atomic E-state index is -4.20. The van der Waals surface area contributed by atoms with Crippen molar-refractivity contribution in [3.05, 3.63) is 52.5 Å². The van der Waals surface area contributed by atoms with Crippen LogP contribution in [0.4, 0.5) is 5.69 Å². The number of ether oxygens (including phenoxy) is 1. The van der Waals surface area contributed by atoms with E-state index in [1.54, 1.807) is 24.3 Å². The summed E-state index contributed by atoms with van der Waals surface area (Å²) in [6.45, 7) is 4.11. The summed E-state index contributed by atoms with van der Waals surface area (Å²) in [4.78, 5) is 12.3. The normalized spacial score (nSPS) is 11.4. The maximum absolute atomic E-state index is 13.4. The number of sulfonamides is 1. The fourth-order valence-corrected chi connectivity index (χ4v) is 4.79. The smallest absolute Gasteiger partial charge is 0.266 e. The predicted octanol–water partition coefficient (Wildman–Crippen LogP) is 4.36. The summed E-state index contributed by atoms with van der Waals surface area (Å²) in [5.41, 5.74) is 0.227. The van der Waals surface area contributed by atoms with E-state index in [0.29, 0.717) is 18.2 Å². The summed E-state index contributed by atoms with van der Waals surface area (Å²) in [7, 11) is -2.77. The molecule has 6 nitrogen and oxygen atoms in total. The highest BCUT2D eigenvalue weighted by Crippen LogP contribution is 2.35. The van der Waals surface area contributed by atoms with Crippen molar-refractivity contribution in [1.82, 2.24) is 5.32 Å². The van der Waals surface area contributed by atoms with Crippen LogP contribution in [0.1, 0.15) is 20.3 Å².